The lowest BCUT2D eigenvalue weighted by atomic mass is 10.2. The number of ether oxygens (including phenoxy) is 2. The minimum Gasteiger partial charge on any atom is -0.493 e. The molecular weight excluding hydrogens is 450 g/mol. The number of benzene rings is 2. The second-order valence-electron chi connectivity index (χ2n) is 5.88. The summed E-state index contributed by atoms with van der Waals surface area (Å²) < 4.78 is 40.8. The van der Waals surface area contributed by atoms with E-state index in [-0.39, 0.29) is 4.90 Å². The van der Waals surface area contributed by atoms with E-state index in [0.717, 1.165) is 5.56 Å². The van der Waals surface area contributed by atoms with Crippen LogP contribution < -0.4 is 14.2 Å². The average molecular weight is 468 g/mol. The van der Waals surface area contributed by atoms with E-state index >= 15 is 0 Å². The van der Waals surface area contributed by atoms with Gasteiger partial charge in [0.1, 0.15) is 4.90 Å². The van der Waals surface area contributed by atoms with E-state index in [4.69, 9.17) is 9.47 Å². The lowest BCUT2D eigenvalue weighted by molar-refractivity contribution is 0.353. The van der Waals surface area contributed by atoms with Crippen LogP contribution in [0.4, 0.5) is 5.69 Å². The van der Waals surface area contributed by atoms with E-state index < -0.39 is 10.0 Å². The summed E-state index contributed by atoms with van der Waals surface area (Å²) in [4.78, 5) is 0.0193. The number of rotatable bonds is 6. The van der Waals surface area contributed by atoms with Gasteiger partial charge in [0.25, 0.3) is 10.0 Å². The Morgan fingerprint density at radius 2 is 1.75 bits per heavy atom. The maximum absolute atomic E-state index is 13.0. The van der Waals surface area contributed by atoms with Crippen LogP contribution in [0.25, 0.3) is 5.69 Å². The molecule has 0 amide bonds. The molecule has 1 aromatic heterocycles. The highest BCUT2D eigenvalue weighted by molar-refractivity contribution is 9.10. The number of halogens is 1. The molecule has 0 unspecified atom stereocenters. The molecule has 11 heteroatoms. The van der Waals surface area contributed by atoms with Gasteiger partial charge in [0.15, 0.2) is 17.3 Å². The summed E-state index contributed by atoms with van der Waals surface area (Å²) in [5.41, 5.74) is 1.94. The van der Waals surface area contributed by atoms with Gasteiger partial charge in [-0.25, -0.2) is 8.42 Å². The molecule has 0 saturated heterocycles. The fourth-order valence-electron chi connectivity index (χ4n) is 2.61. The number of sulfonamides is 1. The lowest BCUT2D eigenvalue weighted by Gasteiger charge is -2.15. The summed E-state index contributed by atoms with van der Waals surface area (Å²) in [5, 5.41) is 11.4. The monoisotopic (exact) mass is 467 g/mol. The first kappa shape index (κ1) is 20.1. The topological polar surface area (TPSA) is 108 Å². The smallest absolute Gasteiger partial charge is 0.263 e. The summed E-state index contributed by atoms with van der Waals surface area (Å²) in [6.07, 6.45) is 0. The Balaban J connectivity index is 2.01. The molecule has 2 aromatic carbocycles. The minimum atomic E-state index is -3.90. The van der Waals surface area contributed by atoms with Crippen molar-refractivity contribution in [2.75, 3.05) is 18.9 Å². The van der Waals surface area contributed by atoms with Crippen LogP contribution in [0.2, 0.25) is 0 Å². The van der Waals surface area contributed by atoms with Gasteiger partial charge in [-0.2, -0.15) is 4.68 Å². The van der Waals surface area contributed by atoms with E-state index in [1.807, 2.05) is 6.92 Å². The van der Waals surface area contributed by atoms with Crippen LogP contribution in [0.15, 0.2) is 39.7 Å². The van der Waals surface area contributed by atoms with Crippen molar-refractivity contribution in [1.82, 2.24) is 20.2 Å². The van der Waals surface area contributed by atoms with Crippen molar-refractivity contribution in [3.8, 4) is 17.2 Å². The van der Waals surface area contributed by atoms with Gasteiger partial charge in [-0.15, -0.1) is 5.10 Å². The zero-order chi connectivity index (χ0) is 20.5. The quantitative estimate of drug-likeness (QED) is 0.593. The van der Waals surface area contributed by atoms with Crippen LogP contribution in [0.3, 0.4) is 0 Å². The zero-order valence-electron chi connectivity index (χ0n) is 15.6. The van der Waals surface area contributed by atoms with Crippen molar-refractivity contribution in [2.24, 2.45) is 0 Å². The number of anilines is 1. The number of hydrogen-bond acceptors (Lipinski definition) is 7. The standard InChI is InChI=1S/C17H18BrN5O4S/c1-10-5-6-12(7-14(10)23-11(2)19-21-22-23)20-28(24,25)17-9-16(27-4)15(26-3)8-13(17)18/h5-9,20H,1-4H3. The molecule has 0 aliphatic heterocycles. The van der Waals surface area contributed by atoms with E-state index in [2.05, 4.69) is 36.2 Å². The van der Waals surface area contributed by atoms with Crippen molar-refractivity contribution >= 4 is 31.6 Å². The van der Waals surface area contributed by atoms with Crippen molar-refractivity contribution in [3.63, 3.8) is 0 Å². The number of aryl methyl sites for hydroxylation is 2. The molecule has 0 aliphatic carbocycles. The Hall–Kier alpha value is -2.66. The number of tetrazole rings is 1. The average Bonchev–Trinajstić information content (AvgIpc) is 3.08. The van der Waals surface area contributed by atoms with Crippen LogP contribution in [0, 0.1) is 13.8 Å². The van der Waals surface area contributed by atoms with Gasteiger partial charge in [0.05, 0.1) is 25.6 Å². The van der Waals surface area contributed by atoms with Crippen LogP contribution >= 0.6 is 15.9 Å². The highest BCUT2D eigenvalue weighted by Gasteiger charge is 2.22. The Kier molecular flexibility index (Phi) is 5.57. The maximum atomic E-state index is 13.0. The van der Waals surface area contributed by atoms with E-state index in [1.54, 1.807) is 35.9 Å². The van der Waals surface area contributed by atoms with E-state index in [1.165, 1.54) is 20.3 Å². The highest BCUT2D eigenvalue weighted by Crippen LogP contribution is 2.36. The third kappa shape index (κ3) is 3.80. The molecule has 3 aromatic rings. The van der Waals surface area contributed by atoms with Gasteiger partial charge < -0.3 is 9.47 Å². The first-order chi connectivity index (χ1) is 13.3. The van der Waals surface area contributed by atoms with Gasteiger partial charge in [-0.1, -0.05) is 6.07 Å². The summed E-state index contributed by atoms with van der Waals surface area (Å²) in [7, 11) is -0.985. The fourth-order valence-corrected chi connectivity index (χ4v) is 4.69. The number of nitrogens with zero attached hydrogens (tertiary/aromatic N) is 4. The van der Waals surface area contributed by atoms with Gasteiger partial charge >= 0.3 is 0 Å². The lowest BCUT2D eigenvalue weighted by Crippen LogP contribution is -2.14. The number of nitrogens with one attached hydrogen (secondary N) is 1. The molecule has 0 saturated carbocycles. The largest absolute Gasteiger partial charge is 0.493 e. The molecule has 1 heterocycles. The van der Waals surface area contributed by atoms with Gasteiger partial charge in [0, 0.05) is 10.5 Å². The van der Waals surface area contributed by atoms with Crippen molar-refractivity contribution in [2.45, 2.75) is 18.7 Å². The molecule has 0 aliphatic rings. The Bertz CT molecular complexity index is 1130. The van der Waals surface area contributed by atoms with Crippen LogP contribution in [0.1, 0.15) is 11.4 Å². The Morgan fingerprint density at radius 1 is 1.07 bits per heavy atom. The van der Waals surface area contributed by atoms with E-state index in [9.17, 15) is 8.42 Å². The highest BCUT2D eigenvalue weighted by atomic mass is 79.9. The first-order valence-corrected chi connectivity index (χ1v) is 10.3. The maximum Gasteiger partial charge on any atom is 0.263 e. The Morgan fingerprint density at radius 3 is 2.36 bits per heavy atom. The van der Waals surface area contributed by atoms with Gasteiger partial charge in [0.2, 0.25) is 0 Å². The summed E-state index contributed by atoms with van der Waals surface area (Å²) >= 11 is 3.28. The number of hydrogen-bond donors (Lipinski definition) is 1. The molecule has 0 radical (unpaired) electrons. The molecule has 0 fully saturated rings. The first-order valence-electron chi connectivity index (χ1n) is 8.07. The summed E-state index contributed by atoms with van der Waals surface area (Å²) in [6.45, 7) is 3.65. The van der Waals surface area contributed by atoms with Gasteiger partial charge in [-0.05, 0) is 64.0 Å². The van der Waals surface area contributed by atoms with Crippen molar-refractivity contribution in [1.29, 1.82) is 0 Å². The number of methoxy groups -OCH3 is 2. The molecule has 0 spiro atoms. The van der Waals surface area contributed by atoms with Crippen molar-refractivity contribution < 1.29 is 17.9 Å². The molecule has 0 bridgehead atoms. The zero-order valence-corrected chi connectivity index (χ0v) is 18.0. The SMILES string of the molecule is COc1cc(Br)c(S(=O)(=O)Nc2ccc(C)c(-n3nnnc3C)c2)cc1OC. The van der Waals surface area contributed by atoms with Crippen LogP contribution in [0.5, 0.6) is 11.5 Å². The molecule has 28 heavy (non-hydrogen) atoms. The Labute approximate surface area is 170 Å². The molecule has 9 nitrogen and oxygen atoms in total. The third-order valence-corrected chi connectivity index (χ3v) is 6.38. The molecular formula is C17H18BrN5O4S. The normalized spacial score (nSPS) is 11.3. The van der Waals surface area contributed by atoms with Crippen LogP contribution in [-0.2, 0) is 10.0 Å². The predicted molar refractivity (Wildman–Crippen MR) is 107 cm³/mol. The number of aromatic nitrogens is 4. The van der Waals surface area contributed by atoms with Crippen molar-refractivity contribution in [3.05, 3.63) is 46.2 Å². The van der Waals surface area contributed by atoms with Crippen LogP contribution in [-0.4, -0.2) is 42.8 Å². The van der Waals surface area contributed by atoms with E-state index in [0.29, 0.717) is 33.2 Å². The second-order valence-corrected chi connectivity index (χ2v) is 8.39. The molecule has 0 atom stereocenters. The molecule has 1 N–H and O–H groups in total. The fraction of sp³-hybridized carbons (Fsp3) is 0.235. The second kappa shape index (κ2) is 7.76. The minimum absolute atomic E-state index is 0.0193. The molecule has 3 rings (SSSR count). The van der Waals surface area contributed by atoms with Gasteiger partial charge in [-0.3, -0.25) is 4.72 Å². The molecule has 148 valence electrons. The summed E-state index contributed by atoms with van der Waals surface area (Å²) in [6, 6.07) is 8.07. The summed E-state index contributed by atoms with van der Waals surface area (Å²) in [5.74, 6) is 1.31. The third-order valence-electron chi connectivity index (χ3n) is 4.04. The predicted octanol–water partition coefficient (Wildman–Crippen LogP) is 2.86.